The minimum atomic E-state index is -0.368. The normalized spacial score (nSPS) is 21.9. The van der Waals surface area contributed by atoms with E-state index in [9.17, 15) is 4.39 Å². The lowest BCUT2D eigenvalue weighted by atomic mass is 10.2. The summed E-state index contributed by atoms with van der Waals surface area (Å²) >= 11 is 5.61. The number of rotatable bonds is 2. The number of hydrogen-bond acceptors (Lipinski definition) is 2. The van der Waals surface area contributed by atoms with Gasteiger partial charge in [0.2, 0.25) is 0 Å². The zero-order chi connectivity index (χ0) is 10.8. The lowest BCUT2D eigenvalue weighted by Gasteiger charge is -2.14. The molecule has 1 heterocycles. The van der Waals surface area contributed by atoms with Crippen LogP contribution in [-0.4, -0.2) is 31.1 Å². The fraction of sp³-hybridized carbons (Fsp3) is 0.455. The Morgan fingerprint density at radius 3 is 2.93 bits per heavy atom. The Morgan fingerprint density at radius 2 is 2.33 bits per heavy atom. The van der Waals surface area contributed by atoms with Gasteiger partial charge >= 0.3 is 0 Å². The van der Waals surface area contributed by atoms with E-state index >= 15 is 0 Å². The molecule has 0 amide bonds. The van der Waals surface area contributed by atoms with Crippen LogP contribution in [0, 0.1) is 5.82 Å². The van der Waals surface area contributed by atoms with Gasteiger partial charge in [-0.05, 0) is 38.2 Å². The van der Waals surface area contributed by atoms with Crippen LogP contribution in [0.1, 0.15) is 6.42 Å². The van der Waals surface area contributed by atoms with E-state index in [-0.39, 0.29) is 10.8 Å². The maximum Gasteiger partial charge on any atom is 0.143 e. The molecule has 0 aromatic heterocycles. The van der Waals surface area contributed by atoms with E-state index in [2.05, 4.69) is 17.3 Å². The average molecular weight is 229 g/mol. The summed E-state index contributed by atoms with van der Waals surface area (Å²) < 4.78 is 13.1. The molecule has 0 radical (unpaired) electrons. The third kappa shape index (κ3) is 2.61. The number of benzene rings is 1. The van der Waals surface area contributed by atoms with E-state index in [1.807, 2.05) is 6.07 Å². The van der Waals surface area contributed by atoms with E-state index in [1.165, 1.54) is 6.07 Å². The first kappa shape index (κ1) is 10.7. The lowest BCUT2D eigenvalue weighted by molar-refractivity contribution is 0.414. The first-order valence-electron chi connectivity index (χ1n) is 5.05. The molecular formula is C11H14ClFN2. The topological polar surface area (TPSA) is 15.3 Å². The zero-order valence-electron chi connectivity index (χ0n) is 8.63. The summed E-state index contributed by atoms with van der Waals surface area (Å²) in [5.74, 6) is -0.368. The van der Waals surface area contributed by atoms with Gasteiger partial charge in [0.15, 0.2) is 0 Å². The van der Waals surface area contributed by atoms with Crippen molar-refractivity contribution in [1.29, 1.82) is 0 Å². The molecule has 4 heteroatoms. The average Bonchev–Trinajstić information content (AvgIpc) is 2.58. The van der Waals surface area contributed by atoms with Crippen molar-refractivity contribution in [2.45, 2.75) is 12.5 Å². The number of likely N-dealkylation sites (tertiary alicyclic amines) is 1. The predicted molar refractivity (Wildman–Crippen MR) is 60.9 cm³/mol. The molecule has 0 bridgehead atoms. The summed E-state index contributed by atoms with van der Waals surface area (Å²) in [6.45, 7) is 2.10. The Hall–Kier alpha value is -0.800. The minimum absolute atomic E-state index is 0.170. The standard InChI is InChI=1S/C11H14ClFN2/c1-15-5-4-9(7-15)14-8-2-3-10(12)11(13)6-8/h2-3,6,9,14H,4-5,7H2,1H3. The van der Waals surface area contributed by atoms with Gasteiger partial charge in [0.05, 0.1) is 5.02 Å². The van der Waals surface area contributed by atoms with Gasteiger partial charge in [0.25, 0.3) is 0 Å². The van der Waals surface area contributed by atoms with E-state index in [0.29, 0.717) is 6.04 Å². The number of anilines is 1. The summed E-state index contributed by atoms with van der Waals surface area (Å²) in [5.41, 5.74) is 0.803. The first-order valence-corrected chi connectivity index (χ1v) is 5.43. The molecule has 1 saturated heterocycles. The predicted octanol–water partition coefficient (Wildman–Crippen LogP) is 2.60. The summed E-state index contributed by atoms with van der Waals surface area (Å²) in [6.07, 6.45) is 1.10. The monoisotopic (exact) mass is 228 g/mol. The molecule has 0 aliphatic carbocycles. The van der Waals surface area contributed by atoms with Gasteiger partial charge < -0.3 is 10.2 Å². The van der Waals surface area contributed by atoms with Gasteiger partial charge in [0.1, 0.15) is 5.82 Å². The van der Waals surface area contributed by atoms with Crippen LogP contribution in [0.15, 0.2) is 18.2 Å². The molecule has 82 valence electrons. The van der Waals surface area contributed by atoms with Gasteiger partial charge in [-0.1, -0.05) is 11.6 Å². The SMILES string of the molecule is CN1CCC(Nc2ccc(Cl)c(F)c2)C1. The Bertz CT molecular complexity index is 356. The molecule has 1 aliphatic rings. The summed E-state index contributed by atoms with van der Waals surface area (Å²) in [4.78, 5) is 2.25. The fourth-order valence-electron chi connectivity index (χ4n) is 1.87. The first-order chi connectivity index (χ1) is 7.15. The highest BCUT2D eigenvalue weighted by Gasteiger charge is 2.19. The van der Waals surface area contributed by atoms with Gasteiger partial charge in [-0.15, -0.1) is 0 Å². The van der Waals surface area contributed by atoms with Crippen molar-refractivity contribution in [2.24, 2.45) is 0 Å². The van der Waals surface area contributed by atoms with Crippen molar-refractivity contribution in [3.8, 4) is 0 Å². The van der Waals surface area contributed by atoms with Crippen LogP contribution < -0.4 is 5.32 Å². The molecule has 2 nitrogen and oxygen atoms in total. The van der Waals surface area contributed by atoms with Gasteiger partial charge in [-0.2, -0.15) is 0 Å². The number of likely N-dealkylation sites (N-methyl/N-ethyl adjacent to an activating group) is 1. The van der Waals surface area contributed by atoms with Crippen molar-refractivity contribution in [3.63, 3.8) is 0 Å². The molecule has 15 heavy (non-hydrogen) atoms. The van der Waals surface area contributed by atoms with Gasteiger partial charge in [0, 0.05) is 18.3 Å². The third-order valence-corrected chi connectivity index (χ3v) is 2.99. The largest absolute Gasteiger partial charge is 0.381 e. The van der Waals surface area contributed by atoms with E-state index in [1.54, 1.807) is 6.07 Å². The Labute approximate surface area is 94.0 Å². The van der Waals surface area contributed by atoms with E-state index in [4.69, 9.17) is 11.6 Å². The number of hydrogen-bond donors (Lipinski definition) is 1. The van der Waals surface area contributed by atoms with Crippen molar-refractivity contribution < 1.29 is 4.39 Å². The molecule has 1 aromatic carbocycles. The van der Waals surface area contributed by atoms with Crippen LogP contribution in [0.3, 0.4) is 0 Å². The molecule has 2 rings (SSSR count). The molecule has 1 aromatic rings. The highest BCUT2D eigenvalue weighted by molar-refractivity contribution is 6.30. The number of nitrogens with zero attached hydrogens (tertiary/aromatic N) is 1. The lowest BCUT2D eigenvalue weighted by Crippen LogP contribution is -2.23. The van der Waals surface area contributed by atoms with Crippen LogP contribution in [0.5, 0.6) is 0 Å². The molecule has 1 unspecified atom stereocenters. The zero-order valence-corrected chi connectivity index (χ0v) is 9.39. The maximum absolute atomic E-state index is 13.1. The van der Waals surface area contributed by atoms with E-state index < -0.39 is 0 Å². The van der Waals surface area contributed by atoms with Crippen LogP contribution in [-0.2, 0) is 0 Å². The Morgan fingerprint density at radius 1 is 1.53 bits per heavy atom. The molecule has 1 fully saturated rings. The fourth-order valence-corrected chi connectivity index (χ4v) is 1.99. The van der Waals surface area contributed by atoms with Gasteiger partial charge in [-0.25, -0.2) is 4.39 Å². The third-order valence-electron chi connectivity index (χ3n) is 2.68. The molecular weight excluding hydrogens is 215 g/mol. The van der Waals surface area contributed by atoms with Crippen molar-refractivity contribution in [3.05, 3.63) is 29.0 Å². The minimum Gasteiger partial charge on any atom is -0.381 e. The van der Waals surface area contributed by atoms with E-state index in [0.717, 1.165) is 25.2 Å². The number of halogens is 2. The van der Waals surface area contributed by atoms with Gasteiger partial charge in [-0.3, -0.25) is 0 Å². The second-order valence-electron chi connectivity index (χ2n) is 4.02. The summed E-state index contributed by atoms with van der Waals surface area (Å²) in [6, 6.07) is 5.25. The van der Waals surface area contributed by atoms with Crippen molar-refractivity contribution in [2.75, 3.05) is 25.5 Å². The summed E-state index contributed by atoms with van der Waals surface area (Å²) in [7, 11) is 2.09. The highest BCUT2D eigenvalue weighted by Crippen LogP contribution is 2.20. The molecule has 0 saturated carbocycles. The molecule has 1 N–H and O–H groups in total. The number of nitrogens with one attached hydrogen (secondary N) is 1. The Kier molecular flexibility index (Phi) is 3.12. The second kappa shape index (κ2) is 4.37. The smallest absolute Gasteiger partial charge is 0.143 e. The van der Waals surface area contributed by atoms with Crippen LogP contribution in [0.2, 0.25) is 5.02 Å². The molecule has 1 atom stereocenters. The second-order valence-corrected chi connectivity index (χ2v) is 4.43. The van der Waals surface area contributed by atoms with Crippen molar-refractivity contribution >= 4 is 17.3 Å². The van der Waals surface area contributed by atoms with Crippen molar-refractivity contribution in [1.82, 2.24) is 4.90 Å². The van der Waals surface area contributed by atoms with Crippen LogP contribution >= 0.6 is 11.6 Å². The highest BCUT2D eigenvalue weighted by atomic mass is 35.5. The molecule has 1 aliphatic heterocycles. The summed E-state index contributed by atoms with van der Waals surface area (Å²) in [5, 5.41) is 3.47. The molecule has 0 spiro atoms. The maximum atomic E-state index is 13.1. The van der Waals surface area contributed by atoms with Crippen LogP contribution in [0.4, 0.5) is 10.1 Å². The quantitative estimate of drug-likeness (QED) is 0.837. The van der Waals surface area contributed by atoms with Crippen LogP contribution in [0.25, 0.3) is 0 Å². The Balaban J connectivity index is 2.02.